The standard InChI is InChI=1S/C18H25ClN4O2/c1-15-3-4-16(19)13-17(15)21-18(24)14-23(6-2-5-20)8-7-22-9-11-25-12-10-22/h3-4,13H,2,6-12,14H2,1H3,(H,21,24). The molecular weight excluding hydrogens is 340 g/mol. The monoisotopic (exact) mass is 364 g/mol. The predicted molar refractivity (Wildman–Crippen MR) is 98.7 cm³/mol. The fourth-order valence-corrected chi connectivity index (χ4v) is 2.88. The van der Waals surface area contributed by atoms with Crippen LogP contribution in [0.15, 0.2) is 18.2 Å². The van der Waals surface area contributed by atoms with Crippen LogP contribution in [0, 0.1) is 18.3 Å². The highest BCUT2D eigenvalue weighted by Gasteiger charge is 2.15. The average molecular weight is 365 g/mol. The fraction of sp³-hybridized carbons (Fsp3) is 0.556. The van der Waals surface area contributed by atoms with Gasteiger partial charge in [-0.1, -0.05) is 17.7 Å². The Labute approximate surface area is 154 Å². The van der Waals surface area contributed by atoms with Gasteiger partial charge in [0.25, 0.3) is 0 Å². The molecule has 0 spiro atoms. The van der Waals surface area contributed by atoms with Crippen LogP contribution < -0.4 is 5.32 Å². The smallest absolute Gasteiger partial charge is 0.238 e. The lowest BCUT2D eigenvalue weighted by molar-refractivity contribution is -0.117. The van der Waals surface area contributed by atoms with E-state index in [1.54, 1.807) is 12.1 Å². The number of morpholine rings is 1. The van der Waals surface area contributed by atoms with Crippen LogP contribution in [0.5, 0.6) is 0 Å². The van der Waals surface area contributed by atoms with Crippen molar-refractivity contribution in [2.75, 3.05) is 57.8 Å². The van der Waals surface area contributed by atoms with Crippen molar-refractivity contribution in [3.05, 3.63) is 28.8 Å². The summed E-state index contributed by atoms with van der Waals surface area (Å²) >= 11 is 6.00. The molecule has 0 atom stereocenters. The first-order valence-electron chi connectivity index (χ1n) is 8.54. The van der Waals surface area contributed by atoms with E-state index in [1.807, 2.05) is 17.9 Å². The summed E-state index contributed by atoms with van der Waals surface area (Å²) in [5, 5.41) is 12.4. The zero-order chi connectivity index (χ0) is 18.1. The van der Waals surface area contributed by atoms with E-state index in [0.717, 1.165) is 50.6 Å². The first kappa shape index (κ1) is 19.7. The van der Waals surface area contributed by atoms with Crippen LogP contribution >= 0.6 is 11.6 Å². The maximum Gasteiger partial charge on any atom is 0.238 e. The lowest BCUT2D eigenvalue weighted by atomic mass is 10.2. The molecular formula is C18H25ClN4O2. The summed E-state index contributed by atoms with van der Waals surface area (Å²) in [6.07, 6.45) is 0.409. The number of nitriles is 1. The molecule has 7 heteroatoms. The Hall–Kier alpha value is -1.65. The van der Waals surface area contributed by atoms with Gasteiger partial charge < -0.3 is 10.1 Å². The molecule has 0 aliphatic carbocycles. The molecule has 0 saturated carbocycles. The Morgan fingerprint density at radius 2 is 2.16 bits per heavy atom. The number of benzene rings is 1. The van der Waals surface area contributed by atoms with E-state index in [2.05, 4.69) is 16.3 Å². The molecule has 1 fully saturated rings. The Morgan fingerprint density at radius 1 is 1.40 bits per heavy atom. The minimum Gasteiger partial charge on any atom is -0.379 e. The van der Waals surface area contributed by atoms with Gasteiger partial charge in [0, 0.05) is 49.9 Å². The van der Waals surface area contributed by atoms with Crippen LogP contribution in [0.3, 0.4) is 0 Å². The second-order valence-electron chi connectivity index (χ2n) is 6.15. The molecule has 0 aromatic heterocycles. The highest BCUT2D eigenvalue weighted by Crippen LogP contribution is 2.20. The van der Waals surface area contributed by atoms with Crippen molar-refractivity contribution in [1.29, 1.82) is 5.26 Å². The van der Waals surface area contributed by atoms with Crippen LogP contribution in [0.4, 0.5) is 5.69 Å². The molecule has 1 aromatic rings. The molecule has 1 saturated heterocycles. The van der Waals surface area contributed by atoms with Gasteiger partial charge in [-0.3, -0.25) is 14.6 Å². The molecule has 0 radical (unpaired) electrons. The summed E-state index contributed by atoms with van der Waals surface area (Å²) in [7, 11) is 0. The van der Waals surface area contributed by atoms with E-state index in [1.165, 1.54) is 0 Å². The molecule has 1 heterocycles. The summed E-state index contributed by atoms with van der Waals surface area (Å²) in [5.74, 6) is -0.0923. The number of ether oxygens (including phenoxy) is 1. The van der Waals surface area contributed by atoms with Gasteiger partial charge in [0.1, 0.15) is 0 Å². The predicted octanol–water partition coefficient (Wildman–Crippen LogP) is 2.13. The molecule has 1 aliphatic rings. The minimum absolute atomic E-state index is 0.0923. The first-order valence-corrected chi connectivity index (χ1v) is 8.91. The summed E-state index contributed by atoms with van der Waals surface area (Å²) < 4.78 is 5.35. The lowest BCUT2D eigenvalue weighted by Crippen LogP contribution is -2.43. The number of halogens is 1. The number of aryl methyl sites for hydroxylation is 1. The van der Waals surface area contributed by atoms with E-state index in [9.17, 15) is 4.79 Å². The third kappa shape index (κ3) is 7.00. The van der Waals surface area contributed by atoms with Crippen LogP contribution in [0.2, 0.25) is 5.02 Å². The van der Waals surface area contributed by atoms with Crippen molar-refractivity contribution in [2.45, 2.75) is 13.3 Å². The molecule has 1 amide bonds. The number of hydrogen-bond donors (Lipinski definition) is 1. The van der Waals surface area contributed by atoms with E-state index in [0.29, 0.717) is 18.0 Å². The molecule has 1 N–H and O–H groups in total. The summed E-state index contributed by atoms with van der Waals surface area (Å²) in [5.41, 5.74) is 1.69. The second-order valence-corrected chi connectivity index (χ2v) is 6.58. The summed E-state index contributed by atoms with van der Waals surface area (Å²) in [6.45, 7) is 7.75. The number of nitrogens with zero attached hydrogens (tertiary/aromatic N) is 3. The van der Waals surface area contributed by atoms with Crippen molar-refractivity contribution in [3.63, 3.8) is 0 Å². The van der Waals surface area contributed by atoms with Crippen molar-refractivity contribution in [1.82, 2.24) is 9.80 Å². The van der Waals surface area contributed by atoms with Gasteiger partial charge >= 0.3 is 0 Å². The molecule has 1 aromatic carbocycles. The van der Waals surface area contributed by atoms with E-state index in [-0.39, 0.29) is 12.5 Å². The van der Waals surface area contributed by atoms with Gasteiger partial charge in [-0.25, -0.2) is 0 Å². The topological polar surface area (TPSA) is 68.6 Å². The van der Waals surface area contributed by atoms with Gasteiger partial charge in [-0.2, -0.15) is 5.26 Å². The van der Waals surface area contributed by atoms with Gasteiger partial charge in [-0.05, 0) is 24.6 Å². The van der Waals surface area contributed by atoms with Crippen LogP contribution in [0.25, 0.3) is 0 Å². The van der Waals surface area contributed by atoms with Gasteiger partial charge in [0.05, 0.1) is 25.8 Å². The summed E-state index contributed by atoms with van der Waals surface area (Å²) in [4.78, 5) is 16.7. The molecule has 1 aliphatic heterocycles. The zero-order valence-corrected chi connectivity index (χ0v) is 15.4. The van der Waals surface area contributed by atoms with E-state index in [4.69, 9.17) is 21.6 Å². The van der Waals surface area contributed by atoms with Gasteiger partial charge in [0.2, 0.25) is 5.91 Å². The average Bonchev–Trinajstić information content (AvgIpc) is 2.61. The molecule has 0 unspecified atom stereocenters. The number of rotatable bonds is 8. The molecule has 2 rings (SSSR count). The quantitative estimate of drug-likeness (QED) is 0.765. The van der Waals surface area contributed by atoms with Crippen molar-refractivity contribution < 1.29 is 9.53 Å². The van der Waals surface area contributed by atoms with Crippen molar-refractivity contribution in [3.8, 4) is 6.07 Å². The van der Waals surface area contributed by atoms with Gasteiger partial charge in [0.15, 0.2) is 0 Å². The largest absolute Gasteiger partial charge is 0.379 e. The molecule has 136 valence electrons. The van der Waals surface area contributed by atoms with Crippen LogP contribution in [-0.2, 0) is 9.53 Å². The molecule has 25 heavy (non-hydrogen) atoms. The maximum absolute atomic E-state index is 12.4. The Kier molecular flexibility index (Phi) is 8.16. The normalized spacial score (nSPS) is 15.1. The fourth-order valence-electron chi connectivity index (χ4n) is 2.71. The highest BCUT2D eigenvalue weighted by molar-refractivity contribution is 6.31. The number of nitrogens with one attached hydrogen (secondary N) is 1. The number of hydrogen-bond acceptors (Lipinski definition) is 5. The Balaban J connectivity index is 1.87. The molecule has 0 bridgehead atoms. The van der Waals surface area contributed by atoms with Gasteiger partial charge in [-0.15, -0.1) is 0 Å². The third-order valence-electron chi connectivity index (χ3n) is 4.22. The summed E-state index contributed by atoms with van der Waals surface area (Å²) in [6, 6.07) is 7.58. The number of carbonyl (C=O) groups excluding carboxylic acids is 1. The first-order chi connectivity index (χ1) is 12.1. The van der Waals surface area contributed by atoms with Crippen molar-refractivity contribution in [2.24, 2.45) is 0 Å². The SMILES string of the molecule is Cc1ccc(Cl)cc1NC(=O)CN(CCC#N)CCN1CCOCC1. The Morgan fingerprint density at radius 3 is 2.88 bits per heavy atom. The third-order valence-corrected chi connectivity index (χ3v) is 4.45. The van der Waals surface area contributed by atoms with Crippen LogP contribution in [-0.4, -0.2) is 68.2 Å². The number of carbonyl (C=O) groups is 1. The number of anilines is 1. The lowest BCUT2D eigenvalue weighted by Gasteiger charge is -2.29. The van der Waals surface area contributed by atoms with Crippen LogP contribution in [0.1, 0.15) is 12.0 Å². The molecule has 6 nitrogen and oxygen atoms in total. The highest BCUT2D eigenvalue weighted by atomic mass is 35.5. The van der Waals surface area contributed by atoms with E-state index >= 15 is 0 Å². The second kappa shape index (κ2) is 10.4. The van der Waals surface area contributed by atoms with E-state index < -0.39 is 0 Å². The Bertz CT molecular complexity index is 612. The zero-order valence-electron chi connectivity index (χ0n) is 14.6. The maximum atomic E-state index is 12.4. The number of amides is 1. The van der Waals surface area contributed by atoms with Crippen molar-refractivity contribution >= 4 is 23.2 Å². The minimum atomic E-state index is -0.0923.